The largest absolute Gasteiger partial charge is 0.467 e. The van der Waals surface area contributed by atoms with Crippen molar-refractivity contribution in [2.75, 3.05) is 40.2 Å². The van der Waals surface area contributed by atoms with Crippen molar-refractivity contribution in [1.29, 1.82) is 0 Å². The molecular formula is C22H31N3O6. The Morgan fingerprint density at radius 3 is 2.52 bits per heavy atom. The molecule has 9 heteroatoms. The number of carbonyl (C=O) groups excluding carboxylic acids is 1. The van der Waals surface area contributed by atoms with Gasteiger partial charge in [0.2, 0.25) is 0 Å². The number of nitrogens with zero attached hydrogens (tertiary/aromatic N) is 1. The molecule has 2 N–H and O–H groups in total. The number of anilines is 2. The molecule has 1 aromatic carbocycles. The first-order valence-electron chi connectivity index (χ1n) is 10.5. The zero-order valence-corrected chi connectivity index (χ0v) is 18.4. The summed E-state index contributed by atoms with van der Waals surface area (Å²) in [5, 5.41) is 10.7. The average molecular weight is 434 g/mol. The zero-order valence-electron chi connectivity index (χ0n) is 18.4. The smallest absolute Gasteiger partial charge is 0.343 e. The molecule has 1 aliphatic carbocycles. The fourth-order valence-corrected chi connectivity index (χ4v) is 3.81. The number of hydrogen-bond acceptors (Lipinski definition) is 8. The third kappa shape index (κ3) is 6.35. The maximum absolute atomic E-state index is 12.5. The number of benzene rings is 1. The third-order valence-electron chi connectivity index (χ3n) is 5.26. The molecule has 1 saturated carbocycles. The minimum atomic E-state index is -0.547. The highest BCUT2D eigenvalue weighted by Crippen LogP contribution is 2.35. The Balaban J connectivity index is 1.85. The van der Waals surface area contributed by atoms with Gasteiger partial charge in [0, 0.05) is 32.4 Å². The van der Waals surface area contributed by atoms with E-state index < -0.39 is 5.97 Å². The van der Waals surface area contributed by atoms with Crippen LogP contribution in [0.2, 0.25) is 0 Å². The van der Waals surface area contributed by atoms with E-state index >= 15 is 0 Å². The number of aromatic nitrogens is 2. The van der Waals surface area contributed by atoms with E-state index in [-0.39, 0.29) is 24.9 Å². The van der Waals surface area contributed by atoms with Gasteiger partial charge in [-0.2, -0.15) is 5.10 Å². The second-order valence-corrected chi connectivity index (χ2v) is 7.54. The highest BCUT2D eigenvalue weighted by Gasteiger charge is 2.22. The molecule has 0 spiro atoms. The van der Waals surface area contributed by atoms with Crippen LogP contribution >= 0.6 is 0 Å². The second kappa shape index (κ2) is 11.6. The molecule has 0 saturated heterocycles. The van der Waals surface area contributed by atoms with Gasteiger partial charge in [-0.1, -0.05) is 32.1 Å². The Morgan fingerprint density at radius 1 is 1.06 bits per heavy atom. The number of ether oxygens (including phenoxy) is 5. The van der Waals surface area contributed by atoms with Gasteiger partial charge in [0.15, 0.2) is 13.6 Å². The molecule has 0 atom stereocenters. The Labute approximate surface area is 182 Å². The molecule has 0 unspecified atom stereocenters. The molecule has 0 aliphatic heterocycles. The monoisotopic (exact) mass is 433 g/mol. The van der Waals surface area contributed by atoms with E-state index in [2.05, 4.69) is 15.5 Å². The minimum Gasteiger partial charge on any atom is -0.467 e. The second-order valence-electron chi connectivity index (χ2n) is 7.54. The maximum Gasteiger partial charge on any atom is 0.343 e. The normalized spacial score (nSPS) is 14.3. The van der Waals surface area contributed by atoms with Crippen LogP contribution in [0.4, 0.5) is 11.5 Å². The van der Waals surface area contributed by atoms with E-state index in [1.165, 1.54) is 53.4 Å². The fraction of sp³-hybridized carbons (Fsp3) is 0.545. The van der Waals surface area contributed by atoms with Gasteiger partial charge in [-0.25, -0.2) is 4.79 Å². The number of nitrogens with one attached hydrogen (secondary N) is 2. The molecule has 1 heterocycles. The van der Waals surface area contributed by atoms with Crippen molar-refractivity contribution in [3.05, 3.63) is 29.5 Å². The van der Waals surface area contributed by atoms with Crippen molar-refractivity contribution in [2.24, 2.45) is 5.92 Å². The van der Waals surface area contributed by atoms with Crippen molar-refractivity contribution in [2.45, 2.75) is 38.5 Å². The van der Waals surface area contributed by atoms with Crippen LogP contribution in [0.25, 0.3) is 0 Å². The summed E-state index contributed by atoms with van der Waals surface area (Å²) in [6, 6.07) is 5.25. The molecule has 2 aromatic rings. The average Bonchev–Trinajstić information content (AvgIpc) is 3.22. The number of esters is 1. The zero-order chi connectivity index (χ0) is 22.1. The summed E-state index contributed by atoms with van der Waals surface area (Å²) >= 11 is 0. The summed E-state index contributed by atoms with van der Waals surface area (Å²) in [5.74, 6) is 1.53. The van der Waals surface area contributed by atoms with Gasteiger partial charge in [0.25, 0.3) is 0 Å². The van der Waals surface area contributed by atoms with Gasteiger partial charge in [-0.05, 0) is 12.3 Å². The molecule has 0 amide bonds. The molecule has 3 rings (SSSR count). The first-order valence-corrected chi connectivity index (χ1v) is 10.5. The quantitative estimate of drug-likeness (QED) is 0.404. The lowest BCUT2D eigenvalue weighted by Crippen LogP contribution is -2.11. The predicted molar refractivity (Wildman–Crippen MR) is 115 cm³/mol. The van der Waals surface area contributed by atoms with E-state index in [9.17, 15) is 4.79 Å². The van der Waals surface area contributed by atoms with Crippen LogP contribution in [0, 0.1) is 5.92 Å². The fourth-order valence-electron chi connectivity index (χ4n) is 3.81. The van der Waals surface area contributed by atoms with Crippen LogP contribution in [0.3, 0.4) is 0 Å². The van der Waals surface area contributed by atoms with Crippen molar-refractivity contribution in [3.8, 4) is 11.5 Å². The number of aromatic amines is 1. The molecule has 31 heavy (non-hydrogen) atoms. The number of H-pyrrole nitrogens is 1. The molecule has 1 fully saturated rings. The number of methoxy groups -OCH3 is 3. The Hall–Kier alpha value is -2.78. The van der Waals surface area contributed by atoms with Gasteiger partial charge in [-0.15, -0.1) is 0 Å². The highest BCUT2D eigenvalue weighted by molar-refractivity contribution is 5.99. The number of hydrogen-bond donors (Lipinski definition) is 2. The summed E-state index contributed by atoms with van der Waals surface area (Å²) < 4.78 is 26.1. The van der Waals surface area contributed by atoms with Gasteiger partial charge >= 0.3 is 5.97 Å². The molecule has 1 aliphatic rings. The lowest BCUT2D eigenvalue weighted by Gasteiger charge is -2.20. The SMILES string of the molecule is COCOc1cc(Nc2cc(CC3CCCCC3)n[nH]2)c(C(=O)OC)c(OCOC)c1. The van der Waals surface area contributed by atoms with Gasteiger partial charge in [-0.3, -0.25) is 5.10 Å². The van der Waals surface area contributed by atoms with Gasteiger partial charge in [0.05, 0.1) is 18.5 Å². The van der Waals surface area contributed by atoms with Crippen LogP contribution in [0.5, 0.6) is 11.5 Å². The Bertz CT molecular complexity index is 848. The standard InChI is InChI=1S/C22H31N3O6/c1-27-13-30-17-11-18(21(22(26)29-3)19(12-17)31-14-28-2)23-20-10-16(24-25-20)9-15-7-5-4-6-8-15/h10-12,15H,4-9,13-14H2,1-3H3,(H2,23,24,25). The Kier molecular flexibility index (Phi) is 8.54. The van der Waals surface area contributed by atoms with E-state index in [0.29, 0.717) is 23.2 Å². The lowest BCUT2D eigenvalue weighted by molar-refractivity contribution is 0.0436. The van der Waals surface area contributed by atoms with Crippen LogP contribution in [0.15, 0.2) is 18.2 Å². The van der Waals surface area contributed by atoms with Gasteiger partial charge in [0.1, 0.15) is 22.9 Å². The minimum absolute atomic E-state index is 0.0350. The van der Waals surface area contributed by atoms with E-state index in [4.69, 9.17) is 23.7 Å². The predicted octanol–water partition coefficient (Wildman–Crippen LogP) is 4.03. The summed E-state index contributed by atoms with van der Waals surface area (Å²) in [4.78, 5) is 12.5. The molecule has 0 radical (unpaired) electrons. The van der Waals surface area contributed by atoms with E-state index in [1.54, 1.807) is 12.1 Å². The summed E-state index contributed by atoms with van der Waals surface area (Å²) in [6.45, 7) is 0.0169. The van der Waals surface area contributed by atoms with Crippen molar-refractivity contribution in [3.63, 3.8) is 0 Å². The lowest BCUT2D eigenvalue weighted by atomic mass is 9.86. The first-order chi connectivity index (χ1) is 15.1. The topological polar surface area (TPSA) is 104 Å². The first kappa shape index (κ1) is 22.9. The maximum atomic E-state index is 12.5. The van der Waals surface area contributed by atoms with Crippen LogP contribution < -0.4 is 14.8 Å². The van der Waals surface area contributed by atoms with Crippen LogP contribution in [-0.2, 0) is 20.6 Å². The summed E-state index contributed by atoms with van der Waals surface area (Å²) in [7, 11) is 4.35. The van der Waals surface area contributed by atoms with Crippen molar-refractivity contribution >= 4 is 17.5 Å². The van der Waals surface area contributed by atoms with Crippen molar-refractivity contribution in [1.82, 2.24) is 10.2 Å². The third-order valence-corrected chi connectivity index (χ3v) is 5.26. The molecule has 9 nitrogen and oxygen atoms in total. The van der Waals surface area contributed by atoms with Crippen molar-refractivity contribution < 1.29 is 28.5 Å². The molecule has 0 bridgehead atoms. The highest BCUT2D eigenvalue weighted by atomic mass is 16.7. The summed E-state index contributed by atoms with van der Waals surface area (Å²) in [6.07, 6.45) is 7.36. The number of carbonyl (C=O) groups is 1. The Morgan fingerprint density at radius 2 is 1.81 bits per heavy atom. The molecule has 170 valence electrons. The van der Waals surface area contributed by atoms with E-state index in [1.807, 2.05) is 6.07 Å². The van der Waals surface area contributed by atoms with Crippen LogP contribution in [-0.4, -0.2) is 51.1 Å². The molecule has 1 aromatic heterocycles. The van der Waals surface area contributed by atoms with E-state index in [0.717, 1.165) is 12.1 Å². The molecular weight excluding hydrogens is 402 g/mol. The van der Waals surface area contributed by atoms with Crippen LogP contribution in [0.1, 0.15) is 48.2 Å². The summed E-state index contributed by atoms with van der Waals surface area (Å²) in [5.41, 5.74) is 1.68. The number of rotatable bonds is 11. The van der Waals surface area contributed by atoms with Gasteiger partial charge < -0.3 is 29.0 Å².